The summed E-state index contributed by atoms with van der Waals surface area (Å²) in [5, 5.41) is 8.94. The second-order valence-electron chi connectivity index (χ2n) is 10.6. The van der Waals surface area contributed by atoms with E-state index >= 15 is 0 Å². The van der Waals surface area contributed by atoms with Gasteiger partial charge in [0.1, 0.15) is 0 Å². The molecule has 0 unspecified atom stereocenters. The Morgan fingerprint density at radius 2 is 1.38 bits per heavy atom. The fourth-order valence-electron chi connectivity index (χ4n) is 5.13. The molecule has 0 aliphatic rings. The molecule has 0 spiro atoms. The van der Waals surface area contributed by atoms with Crippen LogP contribution in [0.5, 0.6) is 0 Å². The Labute approximate surface area is 244 Å². The van der Waals surface area contributed by atoms with Crippen molar-refractivity contribution in [3.8, 4) is 11.1 Å². The van der Waals surface area contributed by atoms with Crippen molar-refractivity contribution in [3.63, 3.8) is 0 Å². The lowest BCUT2D eigenvalue weighted by molar-refractivity contribution is -0.137. The van der Waals surface area contributed by atoms with E-state index in [1.165, 1.54) is 24.3 Å². The Morgan fingerprint density at radius 3 is 2.00 bits per heavy atom. The minimum atomic E-state index is -4.43. The van der Waals surface area contributed by atoms with Gasteiger partial charge in [-0.25, -0.2) is 8.42 Å². The van der Waals surface area contributed by atoms with Gasteiger partial charge in [0.2, 0.25) is 0 Å². The molecule has 0 bridgehead atoms. The maximum atomic E-state index is 13.4. The molecule has 220 valence electrons. The number of nitrogens with zero attached hydrogens (tertiary/aromatic N) is 1. The number of carbonyl (C=O) groups is 1. The smallest absolute Gasteiger partial charge is 0.416 e. The van der Waals surface area contributed by atoms with Gasteiger partial charge < -0.3 is 5.11 Å². The van der Waals surface area contributed by atoms with Crippen LogP contribution in [0.2, 0.25) is 0 Å². The summed E-state index contributed by atoms with van der Waals surface area (Å²) in [7, 11) is -3.97. The minimum Gasteiger partial charge on any atom is -0.480 e. The van der Waals surface area contributed by atoms with Crippen LogP contribution in [0, 0.1) is 20.8 Å². The van der Waals surface area contributed by atoms with Crippen molar-refractivity contribution in [1.82, 2.24) is 4.90 Å². The van der Waals surface area contributed by atoms with Gasteiger partial charge in [-0.3, -0.25) is 9.69 Å². The number of carboxylic acids is 1. The summed E-state index contributed by atoms with van der Waals surface area (Å²) in [4.78, 5) is 13.0. The second kappa shape index (κ2) is 12.5. The van der Waals surface area contributed by atoms with Crippen LogP contribution in [-0.4, -0.2) is 30.1 Å². The quantitative estimate of drug-likeness (QED) is 0.207. The molecule has 0 heterocycles. The third kappa shape index (κ3) is 7.86. The van der Waals surface area contributed by atoms with Crippen molar-refractivity contribution in [2.75, 3.05) is 5.75 Å². The van der Waals surface area contributed by atoms with Gasteiger partial charge in [0, 0.05) is 19.6 Å². The van der Waals surface area contributed by atoms with Crippen molar-refractivity contribution in [2.24, 2.45) is 0 Å². The third-order valence-corrected chi connectivity index (χ3v) is 8.68. The first-order valence-corrected chi connectivity index (χ1v) is 15.0. The summed E-state index contributed by atoms with van der Waals surface area (Å²) in [5.41, 5.74) is 6.70. The molecule has 9 heteroatoms. The number of carboxylic acid groups (broad SMARTS) is 1. The zero-order valence-corrected chi connectivity index (χ0v) is 24.4. The predicted octanol–water partition coefficient (Wildman–Crippen LogP) is 7.36. The average molecular weight is 596 g/mol. The molecule has 4 aromatic carbocycles. The molecule has 4 aromatic rings. The number of hydrogen-bond donors (Lipinski definition) is 1. The van der Waals surface area contributed by atoms with Crippen molar-refractivity contribution < 1.29 is 31.5 Å². The van der Waals surface area contributed by atoms with E-state index in [1.54, 1.807) is 18.2 Å². The molecule has 0 saturated heterocycles. The largest absolute Gasteiger partial charge is 0.480 e. The fraction of sp³-hybridized carbons (Fsp3) is 0.242. The molecular weight excluding hydrogens is 563 g/mol. The monoisotopic (exact) mass is 595 g/mol. The molecule has 0 aromatic heterocycles. The third-order valence-electron chi connectivity index (χ3n) is 7.08. The van der Waals surface area contributed by atoms with Gasteiger partial charge in [-0.1, -0.05) is 72.3 Å². The van der Waals surface area contributed by atoms with E-state index in [1.807, 2.05) is 45.0 Å². The number of sulfone groups is 1. The average Bonchev–Trinajstić information content (AvgIpc) is 2.90. The summed E-state index contributed by atoms with van der Waals surface area (Å²) in [6.45, 7) is 7.43. The van der Waals surface area contributed by atoms with Crippen molar-refractivity contribution in [2.45, 2.75) is 51.5 Å². The van der Waals surface area contributed by atoms with E-state index in [-0.39, 0.29) is 4.90 Å². The molecule has 0 aliphatic carbocycles. The van der Waals surface area contributed by atoms with Gasteiger partial charge in [0.15, 0.2) is 15.6 Å². The van der Waals surface area contributed by atoms with Crippen molar-refractivity contribution in [3.05, 3.63) is 124 Å². The van der Waals surface area contributed by atoms with Crippen LogP contribution in [0.3, 0.4) is 0 Å². The lowest BCUT2D eigenvalue weighted by Crippen LogP contribution is -2.23. The van der Waals surface area contributed by atoms with E-state index in [9.17, 15) is 26.4 Å². The van der Waals surface area contributed by atoms with Gasteiger partial charge >= 0.3 is 12.1 Å². The number of halogens is 3. The molecule has 0 radical (unpaired) electrons. The lowest BCUT2D eigenvalue weighted by atomic mass is 9.98. The Balaban J connectivity index is 1.61. The van der Waals surface area contributed by atoms with Crippen molar-refractivity contribution in [1.29, 1.82) is 0 Å². The number of aliphatic carboxylic acids is 1. The summed E-state index contributed by atoms with van der Waals surface area (Å²) >= 11 is 0. The zero-order chi connectivity index (χ0) is 30.7. The van der Waals surface area contributed by atoms with Gasteiger partial charge in [-0.15, -0.1) is 0 Å². The maximum Gasteiger partial charge on any atom is 0.416 e. The number of rotatable bonds is 10. The minimum absolute atomic E-state index is 0.0671. The summed E-state index contributed by atoms with van der Waals surface area (Å²) < 4.78 is 65.0. The normalized spacial score (nSPS) is 12.1. The SMILES string of the molecule is Cc1cc(C)c(CN(Cc2ccc(-c3cccc(S(=O)(=O)CC(=O)O)c3)cc2)Cc2cccc(C(F)(F)F)c2)c(C)c1. The van der Waals surface area contributed by atoms with Gasteiger partial charge in [0.25, 0.3) is 0 Å². The molecule has 1 N–H and O–H groups in total. The van der Waals surface area contributed by atoms with Crippen LogP contribution < -0.4 is 0 Å². The molecule has 0 aliphatic heterocycles. The van der Waals surface area contributed by atoms with Crippen LogP contribution in [0.4, 0.5) is 13.2 Å². The maximum absolute atomic E-state index is 13.4. The fourth-order valence-corrected chi connectivity index (χ4v) is 6.21. The Bertz CT molecular complexity index is 1670. The van der Waals surface area contributed by atoms with E-state index in [4.69, 9.17) is 5.11 Å². The van der Waals surface area contributed by atoms with Crippen molar-refractivity contribution >= 4 is 15.8 Å². The van der Waals surface area contributed by atoms with Crippen LogP contribution in [0.1, 0.15) is 38.9 Å². The van der Waals surface area contributed by atoms with E-state index < -0.39 is 33.3 Å². The van der Waals surface area contributed by atoms with E-state index in [0.29, 0.717) is 30.8 Å². The van der Waals surface area contributed by atoms with Gasteiger partial charge in [-0.05, 0) is 77.9 Å². The number of aryl methyl sites for hydroxylation is 3. The first kappa shape index (κ1) is 31.0. The number of alkyl halides is 3. The second-order valence-corrected chi connectivity index (χ2v) is 12.6. The highest BCUT2D eigenvalue weighted by molar-refractivity contribution is 7.92. The van der Waals surface area contributed by atoms with Gasteiger partial charge in [-0.2, -0.15) is 13.2 Å². The summed E-state index contributed by atoms with van der Waals surface area (Å²) in [5.74, 6) is -2.41. The number of benzene rings is 4. The lowest BCUT2D eigenvalue weighted by Gasteiger charge is -2.25. The molecule has 5 nitrogen and oxygen atoms in total. The molecule has 0 saturated carbocycles. The Morgan fingerprint density at radius 1 is 0.762 bits per heavy atom. The Hall–Kier alpha value is -3.95. The zero-order valence-electron chi connectivity index (χ0n) is 23.6. The Kier molecular flexibility index (Phi) is 9.23. The molecule has 0 amide bonds. The first-order valence-electron chi connectivity index (χ1n) is 13.3. The molecule has 42 heavy (non-hydrogen) atoms. The molecule has 0 atom stereocenters. The predicted molar refractivity (Wildman–Crippen MR) is 157 cm³/mol. The highest BCUT2D eigenvalue weighted by Gasteiger charge is 2.30. The highest BCUT2D eigenvalue weighted by atomic mass is 32.2. The first-order chi connectivity index (χ1) is 19.7. The molecule has 0 fully saturated rings. The number of hydrogen-bond acceptors (Lipinski definition) is 4. The topological polar surface area (TPSA) is 74.7 Å². The summed E-state index contributed by atoms with van der Waals surface area (Å²) in [6.07, 6.45) is -4.43. The summed E-state index contributed by atoms with van der Waals surface area (Å²) in [6, 6.07) is 23.2. The van der Waals surface area contributed by atoms with Crippen LogP contribution in [0.15, 0.2) is 89.8 Å². The highest BCUT2D eigenvalue weighted by Crippen LogP contribution is 2.30. The standard InChI is InChI=1S/C33H32F3NO4S/c1-22-14-23(2)31(24(3)15-22)20-37(19-26-6-4-8-29(16-26)33(34,35)36)18-25-10-12-27(13-11-25)28-7-5-9-30(17-28)42(40,41)21-32(38)39/h4-17H,18-21H2,1-3H3,(H,38,39). The van der Waals surface area contributed by atoms with E-state index in [0.717, 1.165) is 39.4 Å². The van der Waals surface area contributed by atoms with Gasteiger partial charge in [0.05, 0.1) is 10.5 Å². The van der Waals surface area contributed by atoms with E-state index in [2.05, 4.69) is 17.0 Å². The van der Waals surface area contributed by atoms with Crippen LogP contribution in [0.25, 0.3) is 11.1 Å². The molecular formula is C33H32F3NO4S. The van der Waals surface area contributed by atoms with Crippen LogP contribution >= 0.6 is 0 Å². The van der Waals surface area contributed by atoms with Crippen LogP contribution in [-0.2, 0) is 40.4 Å². The molecule has 4 rings (SSSR count).